The summed E-state index contributed by atoms with van der Waals surface area (Å²) in [7, 11) is 0. The molecule has 1 amide bonds. The van der Waals surface area contributed by atoms with Gasteiger partial charge in [-0.25, -0.2) is 0 Å². The summed E-state index contributed by atoms with van der Waals surface area (Å²) in [6.07, 6.45) is -0.609. The van der Waals surface area contributed by atoms with E-state index in [9.17, 15) is 9.59 Å². The van der Waals surface area contributed by atoms with Crippen LogP contribution in [0.25, 0.3) is 0 Å². The molecule has 0 radical (unpaired) electrons. The van der Waals surface area contributed by atoms with Crippen molar-refractivity contribution in [2.75, 3.05) is 5.32 Å². The van der Waals surface area contributed by atoms with Crippen LogP contribution >= 0.6 is 0 Å². The van der Waals surface area contributed by atoms with E-state index in [2.05, 4.69) is 5.32 Å². The Morgan fingerprint density at radius 3 is 2.50 bits per heavy atom. The monoisotopic (exact) mass is 246 g/mol. The molecule has 18 heavy (non-hydrogen) atoms. The fraction of sp³-hybridized carbons (Fsp3) is 0.308. The number of amides is 1. The zero-order valence-electron chi connectivity index (χ0n) is 10.3. The molecular formula is C13H14N2O3. The number of carbonyl (C=O) groups is 2. The Labute approximate surface area is 105 Å². The van der Waals surface area contributed by atoms with Crippen LogP contribution in [-0.4, -0.2) is 18.0 Å². The highest BCUT2D eigenvalue weighted by atomic mass is 16.5. The molecule has 0 aliphatic carbocycles. The topological polar surface area (TPSA) is 79.2 Å². The molecule has 0 aliphatic rings. The highest BCUT2D eigenvalue weighted by molar-refractivity contribution is 5.95. The second-order valence-corrected chi connectivity index (χ2v) is 3.66. The smallest absolute Gasteiger partial charge is 0.306 e. The van der Waals surface area contributed by atoms with Crippen molar-refractivity contribution in [3.8, 4) is 6.07 Å². The van der Waals surface area contributed by atoms with Gasteiger partial charge in [-0.05, 0) is 31.2 Å². The van der Waals surface area contributed by atoms with Crippen molar-refractivity contribution in [2.24, 2.45) is 0 Å². The third kappa shape index (κ3) is 3.91. The van der Waals surface area contributed by atoms with Crippen LogP contribution in [0.4, 0.5) is 5.69 Å². The minimum absolute atomic E-state index is 0.231. The van der Waals surface area contributed by atoms with Gasteiger partial charge in [0.2, 0.25) is 0 Å². The minimum Gasteiger partial charge on any atom is -0.453 e. The zero-order chi connectivity index (χ0) is 13.5. The number of esters is 1. The largest absolute Gasteiger partial charge is 0.453 e. The number of hydrogen-bond acceptors (Lipinski definition) is 4. The first-order valence-electron chi connectivity index (χ1n) is 5.57. The third-order valence-electron chi connectivity index (χ3n) is 2.25. The van der Waals surface area contributed by atoms with E-state index in [0.29, 0.717) is 11.3 Å². The van der Waals surface area contributed by atoms with Crippen molar-refractivity contribution in [3.05, 3.63) is 29.8 Å². The van der Waals surface area contributed by atoms with Gasteiger partial charge in [-0.15, -0.1) is 0 Å². The van der Waals surface area contributed by atoms with Gasteiger partial charge in [0, 0.05) is 12.1 Å². The molecule has 5 nitrogen and oxygen atoms in total. The molecule has 0 spiro atoms. The van der Waals surface area contributed by atoms with Gasteiger partial charge < -0.3 is 10.1 Å². The maximum absolute atomic E-state index is 11.7. The SMILES string of the molecule is CCC(=O)O[C@H](C)C(=O)Nc1ccc(C#N)cc1. The van der Waals surface area contributed by atoms with Crippen LogP contribution in [0.3, 0.4) is 0 Å². The van der Waals surface area contributed by atoms with Crippen LogP contribution in [0.2, 0.25) is 0 Å². The lowest BCUT2D eigenvalue weighted by atomic mass is 10.2. The molecular weight excluding hydrogens is 232 g/mol. The van der Waals surface area contributed by atoms with Crippen molar-refractivity contribution >= 4 is 17.6 Å². The van der Waals surface area contributed by atoms with Crippen LogP contribution < -0.4 is 5.32 Å². The molecule has 1 aromatic carbocycles. The molecule has 0 bridgehead atoms. The highest BCUT2D eigenvalue weighted by Gasteiger charge is 2.16. The van der Waals surface area contributed by atoms with Gasteiger partial charge in [0.25, 0.3) is 5.91 Å². The first kappa shape index (κ1) is 13.7. The maximum Gasteiger partial charge on any atom is 0.306 e. The molecule has 0 saturated heterocycles. The summed E-state index contributed by atoms with van der Waals surface area (Å²) in [4.78, 5) is 22.7. The van der Waals surface area contributed by atoms with E-state index in [1.807, 2.05) is 6.07 Å². The molecule has 5 heteroatoms. The summed E-state index contributed by atoms with van der Waals surface area (Å²) in [6.45, 7) is 3.17. The number of nitrogens with one attached hydrogen (secondary N) is 1. The lowest BCUT2D eigenvalue weighted by molar-refractivity contribution is -0.152. The van der Waals surface area contributed by atoms with E-state index in [0.717, 1.165) is 0 Å². The Morgan fingerprint density at radius 2 is 2.00 bits per heavy atom. The maximum atomic E-state index is 11.7. The van der Waals surface area contributed by atoms with Gasteiger partial charge in [-0.1, -0.05) is 6.92 Å². The van der Waals surface area contributed by atoms with Crippen molar-refractivity contribution in [2.45, 2.75) is 26.4 Å². The Hall–Kier alpha value is -2.35. The second kappa shape index (κ2) is 6.40. The van der Waals surface area contributed by atoms with Gasteiger partial charge in [0.15, 0.2) is 6.10 Å². The van der Waals surface area contributed by atoms with Crippen molar-refractivity contribution < 1.29 is 14.3 Å². The van der Waals surface area contributed by atoms with Crippen LogP contribution in [0.5, 0.6) is 0 Å². The first-order valence-corrected chi connectivity index (χ1v) is 5.57. The van der Waals surface area contributed by atoms with Crippen LogP contribution in [0.15, 0.2) is 24.3 Å². The number of carbonyl (C=O) groups excluding carboxylic acids is 2. The fourth-order valence-corrected chi connectivity index (χ4v) is 1.21. The number of nitriles is 1. The highest BCUT2D eigenvalue weighted by Crippen LogP contribution is 2.09. The molecule has 0 aromatic heterocycles. The molecule has 1 aromatic rings. The summed E-state index contributed by atoms with van der Waals surface area (Å²) in [5, 5.41) is 11.2. The van der Waals surface area contributed by atoms with Crippen molar-refractivity contribution in [1.29, 1.82) is 5.26 Å². The van der Waals surface area contributed by atoms with Gasteiger partial charge >= 0.3 is 5.97 Å². The Bertz CT molecular complexity index is 474. The molecule has 94 valence electrons. The normalized spacial score (nSPS) is 11.2. The van der Waals surface area contributed by atoms with E-state index in [4.69, 9.17) is 10.00 Å². The van der Waals surface area contributed by atoms with E-state index in [1.54, 1.807) is 31.2 Å². The van der Waals surface area contributed by atoms with E-state index < -0.39 is 18.0 Å². The van der Waals surface area contributed by atoms with Gasteiger partial charge in [-0.2, -0.15) is 5.26 Å². The molecule has 0 unspecified atom stereocenters. The minimum atomic E-state index is -0.840. The number of ether oxygens (including phenoxy) is 1. The molecule has 0 fully saturated rings. The molecule has 1 N–H and O–H groups in total. The molecule has 1 rings (SSSR count). The van der Waals surface area contributed by atoms with E-state index >= 15 is 0 Å². The first-order chi connectivity index (χ1) is 8.56. The number of benzene rings is 1. The average Bonchev–Trinajstić information content (AvgIpc) is 2.39. The Balaban J connectivity index is 2.58. The zero-order valence-corrected chi connectivity index (χ0v) is 10.3. The predicted octanol–water partition coefficient (Wildman–Crippen LogP) is 1.84. The van der Waals surface area contributed by atoms with Crippen LogP contribution in [0.1, 0.15) is 25.8 Å². The molecule has 0 aliphatic heterocycles. The molecule has 0 heterocycles. The summed E-state index contributed by atoms with van der Waals surface area (Å²) >= 11 is 0. The summed E-state index contributed by atoms with van der Waals surface area (Å²) in [5.74, 6) is -0.820. The average molecular weight is 246 g/mol. The Morgan fingerprint density at radius 1 is 1.39 bits per heavy atom. The third-order valence-corrected chi connectivity index (χ3v) is 2.25. The van der Waals surface area contributed by atoms with E-state index in [-0.39, 0.29) is 6.42 Å². The standard InChI is InChI=1S/C13H14N2O3/c1-3-12(16)18-9(2)13(17)15-11-6-4-10(8-14)5-7-11/h4-7,9H,3H2,1-2H3,(H,15,17)/t9-/m1/s1. The van der Waals surface area contributed by atoms with Crippen LogP contribution in [0, 0.1) is 11.3 Å². The summed E-state index contributed by atoms with van der Waals surface area (Å²) in [6, 6.07) is 8.40. The molecule has 0 saturated carbocycles. The van der Waals surface area contributed by atoms with Gasteiger partial charge in [-0.3, -0.25) is 9.59 Å². The fourth-order valence-electron chi connectivity index (χ4n) is 1.21. The summed E-state index contributed by atoms with van der Waals surface area (Å²) < 4.78 is 4.88. The van der Waals surface area contributed by atoms with Gasteiger partial charge in [0.1, 0.15) is 0 Å². The van der Waals surface area contributed by atoms with Crippen molar-refractivity contribution in [3.63, 3.8) is 0 Å². The number of rotatable bonds is 4. The van der Waals surface area contributed by atoms with E-state index in [1.165, 1.54) is 6.92 Å². The van der Waals surface area contributed by atoms with Gasteiger partial charge in [0.05, 0.1) is 11.6 Å². The predicted molar refractivity (Wildman–Crippen MR) is 65.6 cm³/mol. The number of hydrogen-bond donors (Lipinski definition) is 1. The molecule has 1 atom stereocenters. The van der Waals surface area contributed by atoms with Crippen LogP contribution in [-0.2, 0) is 14.3 Å². The van der Waals surface area contributed by atoms with Crippen molar-refractivity contribution in [1.82, 2.24) is 0 Å². The lowest BCUT2D eigenvalue weighted by Gasteiger charge is -2.12. The Kier molecular flexibility index (Phi) is 4.88. The quantitative estimate of drug-likeness (QED) is 0.822. The number of anilines is 1. The second-order valence-electron chi connectivity index (χ2n) is 3.66. The number of nitrogens with zero attached hydrogens (tertiary/aromatic N) is 1. The summed E-state index contributed by atoms with van der Waals surface area (Å²) in [5.41, 5.74) is 1.07. The lowest BCUT2D eigenvalue weighted by Crippen LogP contribution is -2.29.